The standard InChI is InChI=1S/C14H10BrClN2O3/c1-7-3-2-4-10(11(7)14(20)21)18-13(19)9-5-8(15)6-17-12(9)16/h2-6H,1H3,(H,18,19)(H,20,21). The second-order valence-corrected chi connectivity index (χ2v) is 5.52. The number of anilines is 1. The van der Waals surface area contributed by atoms with Crippen LogP contribution in [-0.4, -0.2) is 22.0 Å². The average Bonchev–Trinajstić information content (AvgIpc) is 2.41. The number of aromatic carboxylic acids is 1. The van der Waals surface area contributed by atoms with Gasteiger partial charge < -0.3 is 10.4 Å². The molecule has 0 unspecified atom stereocenters. The van der Waals surface area contributed by atoms with Crippen LogP contribution in [0.2, 0.25) is 5.15 Å². The first-order valence-electron chi connectivity index (χ1n) is 5.85. The molecule has 2 rings (SSSR count). The maximum Gasteiger partial charge on any atom is 0.338 e. The molecule has 0 bridgehead atoms. The van der Waals surface area contributed by atoms with Gasteiger partial charge in [-0.3, -0.25) is 4.79 Å². The quantitative estimate of drug-likeness (QED) is 0.808. The fraction of sp³-hybridized carbons (Fsp3) is 0.0714. The number of pyridine rings is 1. The van der Waals surface area contributed by atoms with E-state index in [1.54, 1.807) is 19.1 Å². The number of rotatable bonds is 3. The van der Waals surface area contributed by atoms with Gasteiger partial charge in [0, 0.05) is 10.7 Å². The smallest absolute Gasteiger partial charge is 0.338 e. The predicted octanol–water partition coefficient (Wildman–Crippen LogP) is 3.76. The summed E-state index contributed by atoms with van der Waals surface area (Å²) in [6.07, 6.45) is 1.47. The van der Waals surface area contributed by atoms with Gasteiger partial charge in [-0.25, -0.2) is 9.78 Å². The minimum atomic E-state index is -1.11. The van der Waals surface area contributed by atoms with Crippen LogP contribution >= 0.6 is 27.5 Å². The third-order valence-electron chi connectivity index (χ3n) is 2.79. The molecule has 2 aromatic rings. The maximum absolute atomic E-state index is 12.2. The zero-order chi connectivity index (χ0) is 15.6. The number of halogens is 2. The molecular formula is C14H10BrClN2O3. The van der Waals surface area contributed by atoms with Crippen molar-refractivity contribution in [3.05, 3.63) is 56.8 Å². The summed E-state index contributed by atoms with van der Waals surface area (Å²) in [6, 6.07) is 6.36. The topological polar surface area (TPSA) is 79.3 Å². The molecule has 1 aromatic heterocycles. The SMILES string of the molecule is Cc1cccc(NC(=O)c2cc(Br)cnc2Cl)c1C(=O)O. The van der Waals surface area contributed by atoms with Gasteiger partial charge in [-0.05, 0) is 40.5 Å². The summed E-state index contributed by atoms with van der Waals surface area (Å²) in [5.74, 6) is -1.64. The van der Waals surface area contributed by atoms with Gasteiger partial charge >= 0.3 is 5.97 Å². The largest absolute Gasteiger partial charge is 0.478 e. The van der Waals surface area contributed by atoms with Crippen molar-refractivity contribution in [2.45, 2.75) is 6.92 Å². The molecule has 0 atom stereocenters. The number of nitrogens with zero attached hydrogens (tertiary/aromatic N) is 1. The molecule has 5 nitrogen and oxygen atoms in total. The van der Waals surface area contributed by atoms with Gasteiger partial charge in [0.2, 0.25) is 0 Å². The lowest BCUT2D eigenvalue weighted by Gasteiger charge is -2.11. The normalized spacial score (nSPS) is 10.2. The van der Waals surface area contributed by atoms with E-state index in [-0.39, 0.29) is 22.0 Å². The Morgan fingerprint density at radius 3 is 2.76 bits per heavy atom. The van der Waals surface area contributed by atoms with E-state index in [9.17, 15) is 14.7 Å². The van der Waals surface area contributed by atoms with Crippen LogP contribution in [0.4, 0.5) is 5.69 Å². The van der Waals surface area contributed by atoms with Crippen LogP contribution in [0.3, 0.4) is 0 Å². The first-order chi connectivity index (χ1) is 9.90. The average molecular weight is 370 g/mol. The minimum absolute atomic E-state index is 0.0419. The molecule has 21 heavy (non-hydrogen) atoms. The molecule has 1 aromatic carbocycles. The summed E-state index contributed by atoms with van der Waals surface area (Å²) in [7, 11) is 0. The second kappa shape index (κ2) is 6.24. The lowest BCUT2D eigenvalue weighted by molar-refractivity contribution is 0.0697. The van der Waals surface area contributed by atoms with Crippen molar-refractivity contribution in [2.75, 3.05) is 5.32 Å². The van der Waals surface area contributed by atoms with Gasteiger partial charge in [0.05, 0.1) is 16.8 Å². The van der Waals surface area contributed by atoms with E-state index in [0.29, 0.717) is 10.0 Å². The van der Waals surface area contributed by atoms with E-state index < -0.39 is 11.9 Å². The molecule has 0 aliphatic heterocycles. The zero-order valence-corrected chi connectivity index (χ0v) is 13.2. The summed E-state index contributed by atoms with van der Waals surface area (Å²) in [6.45, 7) is 1.66. The highest BCUT2D eigenvalue weighted by molar-refractivity contribution is 9.10. The molecule has 0 saturated carbocycles. The van der Waals surface area contributed by atoms with E-state index in [2.05, 4.69) is 26.2 Å². The number of carbonyl (C=O) groups excluding carboxylic acids is 1. The van der Waals surface area contributed by atoms with Crippen molar-refractivity contribution in [2.24, 2.45) is 0 Å². The highest BCUT2D eigenvalue weighted by atomic mass is 79.9. The summed E-state index contributed by atoms with van der Waals surface area (Å²) < 4.78 is 0.597. The Kier molecular flexibility index (Phi) is 4.59. The number of carbonyl (C=O) groups is 2. The molecule has 0 saturated heterocycles. The number of hydrogen-bond acceptors (Lipinski definition) is 3. The number of carboxylic acid groups (broad SMARTS) is 1. The van der Waals surface area contributed by atoms with Crippen molar-refractivity contribution >= 4 is 45.1 Å². The van der Waals surface area contributed by atoms with Gasteiger partial charge in [-0.1, -0.05) is 23.7 Å². The number of nitrogens with one attached hydrogen (secondary N) is 1. The highest BCUT2D eigenvalue weighted by Gasteiger charge is 2.17. The maximum atomic E-state index is 12.2. The molecule has 0 aliphatic rings. The first-order valence-corrected chi connectivity index (χ1v) is 7.02. The highest BCUT2D eigenvalue weighted by Crippen LogP contribution is 2.23. The summed E-state index contributed by atoms with van der Waals surface area (Å²) in [4.78, 5) is 27.4. The molecule has 2 N–H and O–H groups in total. The van der Waals surface area contributed by atoms with E-state index in [4.69, 9.17) is 11.6 Å². The minimum Gasteiger partial charge on any atom is -0.478 e. The number of aromatic nitrogens is 1. The van der Waals surface area contributed by atoms with Gasteiger partial charge in [0.25, 0.3) is 5.91 Å². The Balaban J connectivity index is 2.39. The van der Waals surface area contributed by atoms with Crippen LogP contribution in [0.15, 0.2) is 34.9 Å². The lowest BCUT2D eigenvalue weighted by atomic mass is 10.1. The predicted molar refractivity (Wildman–Crippen MR) is 83.0 cm³/mol. The van der Waals surface area contributed by atoms with Gasteiger partial charge in [-0.2, -0.15) is 0 Å². The molecule has 0 spiro atoms. The Morgan fingerprint density at radius 1 is 1.38 bits per heavy atom. The molecule has 1 amide bonds. The third kappa shape index (κ3) is 3.40. The van der Waals surface area contributed by atoms with E-state index in [1.807, 2.05) is 0 Å². The van der Waals surface area contributed by atoms with Crippen molar-refractivity contribution in [3.63, 3.8) is 0 Å². The van der Waals surface area contributed by atoms with Crippen LogP contribution in [0.1, 0.15) is 26.3 Å². The molecule has 0 radical (unpaired) electrons. The molecule has 0 fully saturated rings. The van der Waals surface area contributed by atoms with Gasteiger partial charge in [-0.15, -0.1) is 0 Å². The van der Waals surface area contributed by atoms with Crippen LogP contribution in [0, 0.1) is 6.92 Å². The fourth-order valence-corrected chi connectivity index (χ4v) is 2.35. The van der Waals surface area contributed by atoms with E-state index in [1.165, 1.54) is 18.3 Å². The number of hydrogen-bond donors (Lipinski definition) is 2. The Hall–Kier alpha value is -1.92. The summed E-state index contributed by atoms with van der Waals surface area (Å²) >= 11 is 9.09. The number of carboxylic acids is 1. The first kappa shape index (κ1) is 15.5. The third-order valence-corrected chi connectivity index (χ3v) is 3.52. The van der Waals surface area contributed by atoms with Crippen molar-refractivity contribution < 1.29 is 14.7 Å². The van der Waals surface area contributed by atoms with E-state index in [0.717, 1.165) is 0 Å². The number of amides is 1. The molecule has 0 aliphatic carbocycles. The van der Waals surface area contributed by atoms with Crippen LogP contribution in [0.25, 0.3) is 0 Å². The number of benzene rings is 1. The Labute approximate surface area is 134 Å². The summed E-state index contributed by atoms with van der Waals surface area (Å²) in [5.41, 5.74) is 0.969. The lowest BCUT2D eigenvalue weighted by Crippen LogP contribution is -2.16. The summed E-state index contributed by atoms with van der Waals surface area (Å²) in [5, 5.41) is 11.8. The van der Waals surface area contributed by atoms with E-state index >= 15 is 0 Å². The molecular weight excluding hydrogens is 360 g/mol. The second-order valence-electron chi connectivity index (χ2n) is 4.25. The Bertz CT molecular complexity index is 734. The van der Waals surface area contributed by atoms with Crippen molar-refractivity contribution in [1.82, 2.24) is 4.98 Å². The number of aryl methyl sites for hydroxylation is 1. The van der Waals surface area contributed by atoms with Gasteiger partial charge in [0.15, 0.2) is 0 Å². The van der Waals surface area contributed by atoms with Crippen LogP contribution < -0.4 is 5.32 Å². The molecule has 1 heterocycles. The molecule has 108 valence electrons. The fourth-order valence-electron chi connectivity index (χ4n) is 1.83. The molecule has 7 heteroatoms. The van der Waals surface area contributed by atoms with Gasteiger partial charge in [0.1, 0.15) is 5.15 Å². The van der Waals surface area contributed by atoms with Crippen molar-refractivity contribution in [3.8, 4) is 0 Å². The zero-order valence-electron chi connectivity index (χ0n) is 10.9. The van der Waals surface area contributed by atoms with Crippen molar-refractivity contribution in [1.29, 1.82) is 0 Å². The van der Waals surface area contributed by atoms with Crippen LogP contribution in [0.5, 0.6) is 0 Å². The monoisotopic (exact) mass is 368 g/mol. The van der Waals surface area contributed by atoms with Crippen LogP contribution in [-0.2, 0) is 0 Å². The Morgan fingerprint density at radius 2 is 2.10 bits per heavy atom.